The summed E-state index contributed by atoms with van der Waals surface area (Å²) in [5.74, 6) is 0.853. The second-order valence-corrected chi connectivity index (χ2v) is 8.75. The summed E-state index contributed by atoms with van der Waals surface area (Å²) >= 11 is 0. The van der Waals surface area contributed by atoms with Crippen LogP contribution in [0.15, 0.2) is 47.6 Å². The lowest BCUT2D eigenvalue weighted by atomic mass is 10.2. The van der Waals surface area contributed by atoms with Crippen molar-refractivity contribution in [3.8, 4) is 11.5 Å². The highest BCUT2D eigenvalue weighted by molar-refractivity contribution is 7.90. The van der Waals surface area contributed by atoms with Gasteiger partial charge in [-0.2, -0.15) is 0 Å². The molecule has 1 aromatic heterocycles. The molecule has 0 aliphatic heterocycles. The van der Waals surface area contributed by atoms with Crippen LogP contribution in [0, 0.1) is 0 Å². The molecule has 140 valence electrons. The average molecular weight is 378 g/mol. The first kappa shape index (κ1) is 19.7. The highest BCUT2D eigenvalue weighted by Gasteiger charge is 2.15. The number of hydrogen-bond donors (Lipinski definition) is 1. The molecule has 0 spiro atoms. The minimum Gasteiger partial charge on any atom is -0.456 e. The Morgan fingerprint density at radius 2 is 1.77 bits per heavy atom. The van der Waals surface area contributed by atoms with Crippen molar-refractivity contribution < 1.29 is 22.7 Å². The summed E-state index contributed by atoms with van der Waals surface area (Å²) in [5.41, 5.74) is 0.322. The average Bonchev–Trinajstić information content (AvgIpc) is 2.52. The predicted octanol–water partition coefficient (Wildman–Crippen LogP) is 3.30. The normalized spacial score (nSPS) is 11.7. The number of carbonyl (C=O) groups is 1. The van der Waals surface area contributed by atoms with Crippen LogP contribution in [0.1, 0.15) is 26.3 Å². The van der Waals surface area contributed by atoms with Gasteiger partial charge in [-0.3, -0.25) is 4.98 Å². The van der Waals surface area contributed by atoms with E-state index >= 15 is 0 Å². The Bertz CT molecular complexity index is 871. The number of ether oxygens (including phenoxy) is 2. The van der Waals surface area contributed by atoms with Crippen molar-refractivity contribution in [2.45, 2.75) is 37.8 Å². The Balaban J connectivity index is 1.97. The lowest BCUT2D eigenvalue weighted by Gasteiger charge is -2.19. The van der Waals surface area contributed by atoms with Gasteiger partial charge in [0.25, 0.3) is 0 Å². The molecule has 1 N–H and O–H groups in total. The molecule has 0 saturated heterocycles. The summed E-state index contributed by atoms with van der Waals surface area (Å²) in [7, 11) is -3.35. The molecule has 26 heavy (non-hydrogen) atoms. The van der Waals surface area contributed by atoms with Crippen LogP contribution in [0.3, 0.4) is 0 Å². The minimum atomic E-state index is -3.35. The van der Waals surface area contributed by atoms with Crippen molar-refractivity contribution in [1.82, 2.24) is 10.3 Å². The van der Waals surface area contributed by atoms with Crippen LogP contribution in [-0.2, 0) is 21.1 Å². The van der Waals surface area contributed by atoms with Gasteiger partial charge in [0.2, 0.25) is 0 Å². The van der Waals surface area contributed by atoms with Crippen LogP contribution in [0.5, 0.6) is 11.5 Å². The van der Waals surface area contributed by atoms with Gasteiger partial charge in [0.15, 0.2) is 9.84 Å². The molecule has 0 aliphatic rings. The van der Waals surface area contributed by atoms with E-state index in [0.717, 1.165) is 11.8 Å². The first-order valence-corrected chi connectivity index (χ1v) is 9.81. The van der Waals surface area contributed by atoms with Gasteiger partial charge < -0.3 is 14.8 Å². The number of alkyl carbamates (subject to hydrolysis) is 1. The molecule has 0 radical (unpaired) electrons. The van der Waals surface area contributed by atoms with Crippen LogP contribution < -0.4 is 10.1 Å². The third-order valence-corrected chi connectivity index (χ3v) is 4.19. The molecular formula is C18H22N2O5S. The smallest absolute Gasteiger partial charge is 0.407 e. The van der Waals surface area contributed by atoms with E-state index < -0.39 is 21.5 Å². The number of amides is 1. The van der Waals surface area contributed by atoms with Gasteiger partial charge in [0.1, 0.15) is 17.1 Å². The number of nitrogens with zero attached hydrogens (tertiary/aromatic N) is 1. The molecule has 0 saturated carbocycles. The number of sulfone groups is 1. The number of benzene rings is 1. The second kappa shape index (κ2) is 7.74. The molecule has 2 aromatic rings. The Morgan fingerprint density at radius 3 is 2.35 bits per heavy atom. The van der Waals surface area contributed by atoms with E-state index in [0.29, 0.717) is 18.0 Å². The molecule has 0 unspecified atom stereocenters. The maximum Gasteiger partial charge on any atom is 0.407 e. The van der Waals surface area contributed by atoms with E-state index in [4.69, 9.17) is 9.47 Å². The van der Waals surface area contributed by atoms with E-state index in [1.54, 1.807) is 45.0 Å². The van der Waals surface area contributed by atoms with E-state index in [9.17, 15) is 13.2 Å². The molecule has 0 bridgehead atoms. The van der Waals surface area contributed by atoms with Gasteiger partial charge in [-0.1, -0.05) is 12.1 Å². The molecule has 1 amide bonds. The van der Waals surface area contributed by atoms with Gasteiger partial charge in [0.05, 0.1) is 11.1 Å². The fourth-order valence-electron chi connectivity index (χ4n) is 1.96. The van der Waals surface area contributed by atoms with Crippen LogP contribution in [0.2, 0.25) is 0 Å². The van der Waals surface area contributed by atoms with Gasteiger partial charge in [-0.05, 0) is 38.5 Å². The Morgan fingerprint density at radius 1 is 1.12 bits per heavy atom. The lowest BCUT2D eigenvalue weighted by Crippen LogP contribution is -2.32. The summed E-state index contributed by atoms with van der Waals surface area (Å²) in [5, 5.41) is 2.67. The highest BCUT2D eigenvalue weighted by Crippen LogP contribution is 2.23. The van der Waals surface area contributed by atoms with E-state index in [1.807, 2.05) is 0 Å². The van der Waals surface area contributed by atoms with Crippen molar-refractivity contribution in [2.24, 2.45) is 0 Å². The minimum absolute atomic E-state index is 0.0909. The first-order chi connectivity index (χ1) is 12.0. The number of carbonyl (C=O) groups excluding carboxylic acids is 1. The monoisotopic (exact) mass is 378 g/mol. The number of rotatable bonds is 5. The summed E-state index contributed by atoms with van der Waals surface area (Å²) in [6.45, 7) is 5.71. The van der Waals surface area contributed by atoms with E-state index in [1.165, 1.54) is 18.5 Å². The summed E-state index contributed by atoms with van der Waals surface area (Å²) < 4.78 is 33.9. The molecule has 7 nitrogen and oxygen atoms in total. The SMILES string of the molecule is CC(C)(C)OC(=O)NCc1ccc(Oc2cncc(S(C)(=O)=O)c2)cc1. The number of nitrogens with one attached hydrogen (secondary N) is 1. The maximum absolute atomic E-state index is 11.6. The quantitative estimate of drug-likeness (QED) is 0.858. The van der Waals surface area contributed by atoms with Gasteiger partial charge in [0, 0.05) is 25.1 Å². The number of pyridine rings is 1. The molecule has 0 aliphatic carbocycles. The van der Waals surface area contributed by atoms with Crippen LogP contribution in [0.4, 0.5) is 4.79 Å². The van der Waals surface area contributed by atoms with Gasteiger partial charge in [-0.25, -0.2) is 13.2 Å². The zero-order valence-electron chi connectivity index (χ0n) is 15.1. The zero-order chi connectivity index (χ0) is 19.4. The largest absolute Gasteiger partial charge is 0.456 e. The summed E-state index contributed by atoms with van der Waals surface area (Å²) in [4.78, 5) is 15.6. The maximum atomic E-state index is 11.6. The first-order valence-electron chi connectivity index (χ1n) is 7.92. The molecule has 0 fully saturated rings. The van der Waals surface area contributed by atoms with E-state index in [2.05, 4.69) is 10.3 Å². The van der Waals surface area contributed by atoms with Crippen LogP contribution >= 0.6 is 0 Å². The van der Waals surface area contributed by atoms with Crippen molar-refractivity contribution in [1.29, 1.82) is 0 Å². The topological polar surface area (TPSA) is 94.6 Å². The predicted molar refractivity (Wildman–Crippen MR) is 96.9 cm³/mol. The summed E-state index contributed by atoms with van der Waals surface area (Å²) in [6.07, 6.45) is 3.34. The lowest BCUT2D eigenvalue weighted by molar-refractivity contribution is 0.0523. The van der Waals surface area contributed by atoms with Crippen LogP contribution in [-0.4, -0.2) is 31.4 Å². The molecular weight excluding hydrogens is 356 g/mol. The Kier molecular flexibility index (Phi) is 5.86. The second-order valence-electron chi connectivity index (χ2n) is 6.73. The Labute approximate surface area is 153 Å². The molecule has 1 aromatic carbocycles. The van der Waals surface area contributed by atoms with Crippen molar-refractivity contribution in [3.05, 3.63) is 48.3 Å². The standard InChI is InChI=1S/C18H22N2O5S/c1-18(2,3)25-17(21)20-10-13-5-7-14(8-6-13)24-15-9-16(12-19-11-15)26(4,22)23/h5-9,11-12H,10H2,1-4H3,(H,20,21). The van der Waals surface area contributed by atoms with Gasteiger partial charge in [-0.15, -0.1) is 0 Å². The highest BCUT2D eigenvalue weighted by atomic mass is 32.2. The number of hydrogen-bond acceptors (Lipinski definition) is 6. The number of aromatic nitrogens is 1. The molecule has 1 heterocycles. The molecule has 0 atom stereocenters. The van der Waals surface area contributed by atoms with Crippen molar-refractivity contribution in [2.75, 3.05) is 6.26 Å². The molecule has 8 heteroatoms. The third-order valence-electron chi connectivity index (χ3n) is 3.11. The van der Waals surface area contributed by atoms with Crippen LogP contribution in [0.25, 0.3) is 0 Å². The zero-order valence-corrected chi connectivity index (χ0v) is 16.0. The third kappa shape index (κ3) is 6.36. The fourth-order valence-corrected chi connectivity index (χ4v) is 2.54. The van der Waals surface area contributed by atoms with Crippen molar-refractivity contribution in [3.63, 3.8) is 0 Å². The fraction of sp³-hybridized carbons (Fsp3) is 0.333. The summed E-state index contributed by atoms with van der Waals surface area (Å²) in [6, 6.07) is 8.44. The van der Waals surface area contributed by atoms with Crippen molar-refractivity contribution >= 4 is 15.9 Å². The van der Waals surface area contributed by atoms with Gasteiger partial charge >= 0.3 is 6.09 Å². The molecule has 2 rings (SSSR count). The van der Waals surface area contributed by atoms with E-state index in [-0.39, 0.29) is 4.90 Å². The Hall–Kier alpha value is -2.61.